The average Bonchev–Trinajstić information content (AvgIpc) is 3.20. The van der Waals surface area contributed by atoms with Gasteiger partial charge in [-0.05, 0) is 49.4 Å². The number of nitrogens with zero attached hydrogens (tertiary/aromatic N) is 1. The first-order valence-corrected chi connectivity index (χ1v) is 9.76. The van der Waals surface area contributed by atoms with Gasteiger partial charge < -0.3 is 10.2 Å². The summed E-state index contributed by atoms with van der Waals surface area (Å²) in [6.45, 7) is 5.64. The third-order valence-corrected chi connectivity index (χ3v) is 5.60. The van der Waals surface area contributed by atoms with E-state index in [1.165, 1.54) is 11.3 Å². The molecule has 25 heavy (non-hydrogen) atoms. The maximum atomic E-state index is 13.0. The minimum Gasteiger partial charge on any atom is -0.339 e. The monoisotopic (exact) mass is 356 g/mol. The smallest absolute Gasteiger partial charge is 0.254 e. The largest absolute Gasteiger partial charge is 0.339 e. The second-order valence-electron chi connectivity index (χ2n) is 6.40. The van der Waals surface area contributed by atoms with Crippen LogP contribution in [0.15, 0.2) is 41.8 Å². The number of ketones is 1. The van der Waals surface area contributed by atoms with E-state index in [2.05, 4.69) is 12.2 Å². The molecular formula is C20H24N2O2S. The number of hydrogen-bond donors (Lipinski definition) is 1. The molecule has 1 aliphatic rings. The van der Waals surface area contributed by atoms with Gasteiger partial charge in [0.1, 0.15) is 0 Å². The Morgan fingerprint density at radius 1 is 1.12 bits per heavy atom. The van der Waals surface area contributed by atoms with E-state index in [1.807, 2.05) is 28.5 Å². The molecule has 4 nitrogen and oxygen atoms in total. The lowest BCUT2D eigenvalue weighted by molar-refractivity contribution is 0.0687. The molecule has 3 rings (SSSR count). The molecule has 1 N–H and O–H groups in total. The number of rotatable bonds is 6. The van der Waals surface area contributed by atoms with E-state index < -0.39 is 0 Å². The Hall–Kier alpha value is -1.98. The topological polar surface area (TPSA) is 49.4 Å². The summed E-state index contributed by atoms with van der Waals surface area (Å²) in [5, 5.41) is 5.27. The van der Waals surface area contributed by atoms with Crippen molar-refractivity contribution in [3.8, 4) is 0 Å². The highest BCUT2D eigenvalue weighted by atomic mass is 32.1. The molecule has 0 aliphatic carbocycles. The molecule has 0 saturated carbocycles. The van der Waals surface area contributed by atoms with Crippen LogP contribution in [-0.4, -0.2) is 42.8 Å². The third kappa shape index (κ3) is 4.17. The van der Waals surface area contributed by atoms with Gasteiger partial charge in [0.05, 0.1) is 10.4 Å². The van der Waals surface area contributed by atoms with Crippen molar-refractivity contribution in [3.05, 3.63) is 57.8 Å². The number of hydrogen-bond acceptors (Lipinski definition) is 4. The lowest BCUT2D eigenvalue weighted by Crippen LogP contribution is -2.41. The first-order chi connectivity index (χ1) is 12.2. The Morgan fingerprint density at radius 3 is 2.48 bits per heavy atom. The minimum absolute atomic E-state index is 0.0255. The standard InChI is InChI=1S/C20H24N2O2S/c1-2-21-14-15-9-11-22(12-10-15)20(24)17-7-4-3-6-16(17)19(23)18-8-5-13-25-18/h3-8,13,15,21H,2,9-12,14H2,1H3. The normalized spacial score (nSPS) is 15.3. The third-order valence-electron chi connectivity index (χ3n) is 4.73. The lowest BCUT2D eigenvalue weighted by Gasteiger charge is -2.32. The van der Waals surface area contributed by atoms with E-state index in [4.69, 9.17) is 0 Å². The molecule has 132 valence electrons. The van der Waals surface area contributed by atoms with Crippen molar-refractivity contribution in [1.29, 1.82) is 0 Å². The zero-order valence-corrected chi connectivity index (χ0v) is 15.3. The highest BCUT2D eigenvalue weighted by molar-refractivity contribution is 7.12. The van der Waals surface area contributed by atoms with E-state index in [1.54, 1.807) is 18.2 Å². The van der Waals surface area contributed by atoms with Gasteiger partial charge in [-0.2, -0.15) is 0 Å². The number of nitrogens with one attached hydrogen (secondary N) is 1. The van der Waals surface area contributed by atoms with Crippen LogP contribution in [0.1, 0.15) is 45.4 Å². The quantitative estimate of drug-likeness (QED) is 0.807. The number of carbonyl (C=O) groups excluding carboxylic acids is 2. The summed E-state index contributed by atoms with van der Waals surface area (Å²) in [6.07, 6.45) is 2.03. The molecule has 1 aromatic heterocycles. The highest BCUT2D eigenvalue weighted by Crippen LogP contribution is 2.22. The van der Waals surface area contributed by atoms with Crippen molar-refractivity contribution in [1.82, 2.24) is 10.2 Å². The molecule has 0 radical (unpaired) electrons. The van der Waals surface area contributed by atoms with E-state index in [0.29, 0.717) is 21.9 Å². The van der Waals surface area contributed by atoms with Crippen LogP contribution in [0.4, 0.5) is 0 Å². The summed E-state index contributed by atoms with van der Waals surface area (Å²) in [5.41, 5.74) is 1.02. The number of likely N-dealkylation sites (tertiary alicyclic amines) is 1. The van der Waals surface area contributed by atoms with E-state index in [-0.39, 0.29) is 11.7 Å². The number of thiophene rings is 1. The summed E-state index contributed by atoms with van der Waals surface area (Å²) < 4.78 is 0. The van der Waals surface area contributed by atoms with Crippen molar-refractivity contribution >= 4 is 23.0 Å². The zero-order chi connectivity index (χ0) is 17.6. The van der Waals surface area contributed by atoms with Crippen LogP contribution in [0.5, 0.6) is 0 Å². The van der Waals surface area contributed by atoms with Crippen LogP contribution in [-0.2, 0) is 0 Å². The summed E-state index contributed by atoms with van der Waals surface area (Å²) >= 11 is 1.41. The fraction of sp³-hybridized carbons (Fsp3) is 0.400. The molecule has 2 aromatic rings. The number of amides is 1. The van der Waals surface area contributed by atoms with Crippen molar-refractivity contribution in [3.63, 3.8) is 0 Å². The molecule has 2 heterocycles. The van der Waals surface area contributed by atoms with Gasteiger partial charge >= 0.3 is 0 Å². The zero-order valence-electron chi connectivity index (χ0n) is 14.5. The summed E-state index contributed by atoms with van der Waals surface area (Å²) in [6, 6.07) is 10.8. The molecule has 0 bridgehead atoms. The molecular weight excluding hydrogens is 332 g/mol. The van der Waals surface area contributed by atoms with E-state index in [9.17, 15) is 9.59 Å². The summed E-state index contributed by atoms with van der Waals surface area (Å²) in [7, 11) is 0. The van der Waals surface area contributed by atoms with Gasteiger partial charge in [-0.15, -0.1) is 11.3 Å². The lowest BCUT2D eigenvalue weighted by atomic mass is 9.95. The van der Waals surface area contributed by atoms with Crippen molar-refractivity contribution < 1.29 is 9.59 Å². The van der Waals surface area contributed by atoms with Crippen LogP contribution in [0, 0.1) is 5.92 Å². The number of piperidine rings is 1. The second-order valence-corrected chi connectivity index (χ2v) is 7.34. The van der Waals surface area contributed by atoms with E-state index >= 15 is 0 Å². The van der Waals surface area contributed by atoms with Gasteiger partial charge in [0.15, 0.2) is 0 Å². The van der Waals surface area contributed by atoms with Gasteiger partial charge in [0.2, 0.25) is 5.78 Å². The molecule has 1 fully saturated rings. The molecule has 0 atom stereocenters. The second kappa shape index (κ2) is 8.41. The Morgan fingerprint density at radius 2 is 1.84 bits per heavy atom. The van der Waals surface area contributed by atoms with Crippen molar-refractivity contribution in [2.45, 2.75) is 19.8 Å². The maximum Gasteiger partial charge on any atom is 0.254 e. The van der Waals surface area contributed by atoms with Gasteiger partial charge in [-0.25, -0.2) is 0 Å². The molecule has 0 spiro atoms. The summed E-state index contributed by atoms with van der Waals surface area (Å²) in [5.74, 6) is 0.537. The molecule has 1 saturated heterocycles. The van der Waals surface area contributed by atoms with Crippen LogP contribution >= 0.6 is 11.3 Å². The first kappa shape index (κ1) is 17.8. The molecule has 5 heteroatoms. The summed E-state index contributed by atoms with van der Waals surface area (Å²) in [4.78, 5) is 28.3. The fourth-order valence-corrected chi connectivity index (χ4v) is 3.94. The Kier molecular flexibility index (Phi) is 6.00. The predicted octanol–water partition coefficient (Wildman–Crippen LogP) is 3.44. The number of benzene rings is 1. The van der Waals surface area contributed by atoms with Crippen molar-refractivity contribution in [2.24, 2.45) is 5.92 Å². The first-order valence-electron chi connectivity index (χ1n) is 8.88. The maximum absolute atomic E-state index is 13.0. The van der Waals surface area contributed by atoms with Crippen LogP contribution in [0.3, 0.4) is 0 Å². The van der Waals surface area contributed by atoms with Gasteiger partial charge in [-0.1, -0.05) is 31.2 Å². The SMILES string of the molecule is CCNCC1CCN(C(=O)c2ccccc2C(=O)c2cccs2)CC1. The average molecular weight is 356 g/mol. The van der Waals surface area contributed by atoms with Crippen LogP contribution in [0.2, 0.25) is 0 Å². The fourth-order valence-electron chi connectivity index (χ4n) is 3.27. The molecule has 1 amide bonds. The van der Waals surface area contributed by atoms with Gasteiger partial charge in [0, 0.05) is 18.7 Å². The van der Waals surface area contributed by atoms with Crippen molar-refractivity contribution in [2.75, 3.05) is 26.2 Å². The van der Waals surface area contributed by atoms with Crippen LogP contribution in [0.25, 0.3) is 0 Å². The molecule has 1 aliphatic heterocycles. The Bertz CT molecular complexity index is 719. The molecule has 0 unspecified atom stereocenters. The van der Waals surface area contributed by atoms with Crippen LogP contribution < -0.4 is 5.32 Å². The van der Waals surface area contributed by atoms with E-state index in [0.717, 1.165) is 39.0 Å². The molecule has 1 aromatic carbocycles. The Labute approximate surface area is 152 Å². The predicted molar refractivity (Wildman–Crippen MR) is 101 cm³/mol. The van der Waals surface area contributed by atoms with Gasteiger partial charge in [0.25, 0.3) is 5.91 Å². The number of carbonyl (C=O) groups is 2. The highest BCUT2D eigenvalue weighted by Gasteiger charge is 2.26. The minimum atomic E-state index is -0.0685. The Balaban J connectivity index is 1.72. The van der Waals surface area contributed by atoms with Gasteiger partial charge in [-0.3, -0.25) is 9.59 Å².